The topological polar surface area (TPSA) is 85.4 Å². The summed E-state index contributed by atoms with van der Waals surface area (Å²) in [7, 11) is 0. The number of rotatable bonds is 6. The molecule has 0 bridgehead atoms. The molecule has 1 aliphatic rings. The third-order valence-corrected chi connectivity index (χ3v) is 6.66. The zero-order valence-electron chi connectivity index (χ0n) is 15.4. The molecule has 29 heavy (non-hydrogen) atoms. The van der Waals surface area contributed by atoms with Gasteiger partial charge < -0.3 is 20.1 Å². The van der Waals surface area contributed by atoms with E-state index in [0.717, 1.165) is 43.0 Å². The van der Waals surface area contributed by atoms with Crippen molar-refractivity contribution in [1.29, 1.82) is 0 Å². The number of nitrogens with one attached hydrogen (secondary N) is 2. The molecule has 0 unspecified atom stereocenters. The third-order valence-electron chi connectivity index (χ3n) is 3.90. The minimum atomic E-state index is -0.109. The number of thioether (sulfide) groups is 1. The second-order valence-electron chi connectivity index (χ2n) is 6.14. The van der Waals surface area contributed by atoms with Gasteiger partial charge in [0.1, 0.15) is 13.2 Å². The first-order valence-corrected chi connectivity index (χ1v) is 11.4. The first-order chi connectivity index (χ1) is 14.1. The minimum absolute atomic E-state index is 0.109. The number of halogens is 1. The molecule has 0 aliphatic carbocycles. The Morgan fingerprint density at radius 1 is 1.17 bits per heavy atom. The number of carbonyl (C=O) groups excluding carboxylic acids is 1. The fourth-order valence-electron chi connectivity index (χ4n) is 2.68. The maximum Gasteiger partial charge on any atom is 0.221 e. The molecule has 150 valence electrons. The Hall–Kier alpha value is -2.30. The highest BCUT2D eigenvalue weighted by molar-refractivity contribution is 9.10. The van der Waals surface area contributed by atoms with Crippen LogP contribution in [0.5, 0.6) is 11.5 Å². The van der Waals surface area contributed by atoms with Gasteiger partial charge in [0.05, 0.1) is 0 Å². The van der Waals surface area contributed by atoms with Crippen molar-refractivity contribution in [2.24, 2.45) is 0 Å². The van der Waals surface area contributed by atoms with E-state index in [4.69, 9.17) is 9.47 Å². The fraction of sp³-hybridized carbons (Fsp3) is 0.211. The van der Waals surface area contributed by atoms with E-state index in [1.807, 2.05) is 36.4 Å². The van der Waals surface area contributed by atoms with Crippen LogP contribution in [0.3, 0.4) is 0 Å². The van der Waals surface area contributed by atoms with Gasteiger partial charge >= 0.3 is 0 Å². The van der Waals surface area contributed by atoms with E-state index in [-0.39, 0.29) is 5.91 Å². The summed E-state index contributed by atoms with van der Waals surface area (Å²) < 4.78 is 13.1. The van der Waals surface area contributed by atoms with Crippen molar-refractivity contribution in [1.82, 2.24) is 10.2 Å². The van der Waals surface area contributed by atoms with Gasteiger partial charge in [0.2, 0.25) is 11.0 Å². The van der Waals surface area contributed by atoms with Gasteiger partial charge in [0.15, 0.2) is 15.8 Å². The van der Waals surface area contributed by atoms with Crippen LogP contribution in [0.25, 0.3) is 0 Å². The van der Waals surface area contributed by atoms with Crippen molar-refractivity contribution in [2.75, 3.05) is 23.8 Å². The Morgan fingerprint density at radius 2 is 1.93 bits per heavy atom. The number of nitrogens with zero attached hydrogens (tertiary/aromatic N) is 2. The standard InChI is InChI=1S/C19H17BrN4O3S2/c1-11(25)21-13-3-2-4-14(8-13)22-18-23-24-19(29-18)28-10-12-7-16-17(9-15(12)20)27-6-5-26-16/h2-4,7-9H,5-6,10H2,1H3,(H,21,25)(H,22,23). The molecule has 4 rings (SSSR count). The molecule has 0 atom stereocenters. The number of hydrogen-bond acceptors (Lipinski definition) is 8. The second-order valence-corrected chi connectivity index (χ2v) is 9.19. The molecule has 3 aromatic rings. The Kier molecular flexibility index (Phi) is 6.22. The van der Waals surface area contributed by atoms with Gasteiger partial charge in [-0.1, -0.05) is 45.1 Å². The molecule has 2 heterocycles. The lowest BCUT2D eigenvalue weighted by Crippen LogP contribution is -2.15. The van der Waals surface area contributed by atoms with Crippen LogP contribution in [0.4, 0.5) is 16.5 Å². The van der Waals surface area contributed by atoms with E-state index in [0.29, 0.717) is 18.3 Å². The van der Waals surface area contributed by atoms with Crippen LogP contribution in [0.2, 0.25) is 0 Å². The Labute approximate surface area is 184 Å². The number of benzene rings is 2. The average Bonchev–Trinajstić information content (AvgIpc) is 3.13. The molecule has 0 radical (unpaired) electrons. The molecular weight excluding hydrogens is 476 g/mol. The van der Waals surface area contributed by atoms with Gasteiger partial charge in [-0.2, -0.15) is 0 Å². The van der Waals surface area contributed by atoms with E-state index in [1.54, 1.807) is 11.8 Å². The fourth-order valence-corrected chi connectivity index (χ4v) is 5.09. The molecule has 7 nitrogen and oxygen atoms in total. The van der Waals surface area contributed by atoms with E-state index >= 15 is 0 Å². The van der Waals surface area contributed by atoms with E-state index in [2.05, 4.69) is 36.8 Å². The normalized spacial score (nSPS) is 12.5. The molecule has 10 heteroatoms. The number of hydrogen-bond donors (Lipinski definition) is 2. The van der Waals surface area contributed by atoms with Crippen molar-refractivity contribution >= 4 is 61.4 Å². The van der Waals surface area contributed by atoms with Crippen LogP contribution in [-0.2, 0) is 10.5 Å². The number of carbonyl (C=O) groups is 1. The number of fused-ring (bicyclic) bond motifs is 1. The summed E-state index contributed by atoms with van der Waals surface area (Å²) in [6, 6.07) is 11.4. The highest BCUT2D eigenvalue weighted by Gasteiger charge is 2.15. The summed E-state index contributed by atoms with van der Waals surface area (Å²) in [4.78, 5) is 11.2. The minimum Gasteiger partial charge on any atom is -0.486 e. The Bertz CT molecular complexity index is 1040. The maximum atomic E-state index is 11.2. The number of ether oxygens (including phenoxy) is 2. The molecule has 0 spiro atoms. The third kappa shape index (κ3) is 5.20. The summed E-state index contributed by atoms with van der Waals surface area (Å²) in [6.45, 7) is 2.62. The van der Waals surface area contributed by atoms with Crippen LogP contribution in [0, 0.1) is 0 Å². The smallest absolute Gasteiger partial charge is 0.221 e. The predicted octanol–water partition coefficient (Wildman–Crippen LogP) is 5.07. The van der Waals surface area contributed by atoms with E-state index < -0.39 is 0 Å². The van der Waals surface area contributed by atoms with Crippen molar-refractivity contribution in [3.63, 3.8) is 0 Å². The Balaban J connectivity index is 1.39. The molecule has 0 saturated heterocycles. The first-order valence-electron chi connectivity index (χ1n) is 8.76. The summed E-state index contributed by atoms with van der Waals surface area (Å²) in [5, 5.41) is 15.1. The highest BCUT2D eigenvalue weighted by Crippen LogP contribution is 2.38. The number of anilines is 3. The molecule has 2 N–H and O–H groups in total. The van der Waals surface area contributed by atoms with Crippen LogP contribution in [0.1, 0.15) is 12.5 Å². The second kappa shape index (κ2) is 9.02. The zero-order valence-corrected chi connectivity index (χ0v) is 18.6. The lowest BCUT2D eigenvalue weighted by atomic mass is 10.2. The van der Waals surface area contributed by atoms with E-state index in [9.17, 15) is 4.79 Å². The molecule has 1 aliphatic heterocycles. The van der Waals surface area contributed by atoms with Crippen LogP contribution < -0.4 is 20.1 Å². The molecule has 2 aromatic carbocycles. The van der Waals surface area contributed by atoms with Crippen LogP contribution in [0.15, 0.2) is 45.2 Å². The quantitative estimate of drug-likeness (QED) is 0.464. The lowest BCUT2D eigenvalue weighted by molar-refractivity contribution is -0.114. The van der Waals surface area contributed by atoms with Crippen molar-refractivity contribution in [2.45, 2.75) is 17.0 Å². The molecule has 0 fully saturated rings. The van der Waals surface area contributed by atoms with Gasteiger partial charge in [0.25, 0.3) is 0 Å². The van der Waals surface area contributed by atoms with E-state index in [1.165, 1.54) is 18.3 Å². The zero-order chi connectivity index (χ0) is 20.2. The summed E-state index contributed by atoms with van der Waals surface area (Å²) in [6.07, 6.45) is 0. The molecular formula is C19H17BrN4O3S2. The van der Waals surface area contributed by atoms with Crippen LogP contribution >= 0.6 is 39.0 Å². The molecule has 0 saturated carbocycles. The monoisotopic (exact) mass is 492 g/mol. The first kappa shape index (κ1) is 20.0. The molecule has 1 amide bonds. The maximum absolute atomic E-state index is 11.2. The molecule has 1 aromatic heterocycles. The Morgan fingerprint density at radius 3 is 2.72 bits per heavy atom. The number of aromatic nitrogens is 2. The summed E-state index contributed by atoms with van der Waals surface area (Å²) in [5.41, 5.74) is 2.66. The van der Waals surface area contributed by atoms with Crippen molar-refractivity contribution < 1.29 is 14.3 Å². The van der Waals surface area contributed by atoms with Gasteiger partial charge in [-0.25, -0.2) is 0 Å². The summed E-state index contributed by atoms with van der Waals surface area (Å²) in [5.74, 6) is 2.15. The predicted molar refractivity (Wildman–Crippen MR) is 119 cm³/mol. The average molecular weight is 493 g/mol. The van der Waals surface area contributed by atoms with Gasteiger partial charge in [0, 0.05) is 28.5 Å². The highest BCUT2D eigenvalue weighted by atomic mass is 79.9. The number of amides is 1. The van der Waals surface area contributed by atoms with Crippen molar-refractivity contribution in [3.8, 4) is 11.5 Å². The van der Waals surface area contributed by atoms with Gasteiger partial charge in [-0.05, 0) is 35.9 Å². The summed E-state index contributed by atoms with van der Waals surface area (Å²) >= 11 is 6.67. The SMILES string of the molecule is CC(=O)Nc1cccc(Nc2nnc(SCc3cc4c(cc3Br)OCCO4)s2)c1. The largest absolute Gasteiger partial charge is 0.486 e. The van der Waals surface area contributed by atoms with Gasteiger partial charge in [-0.3, -0.25) is 4.79 Å². The van der Waals surface area contributed by atoms with Crippen LogP contribution in [-0.4, -0.2) is 29.3 Å². The van der Waals surface area contributed by atoms with Crippen molar-refractivity contribution in [3.05, 3.63) is 46.4 Å². The lowest BCUT2D eigenvalue weighted by Gasteiger charge is -2.19. The van der Waals surface area contributed by atoms with Gasteiger partial charge in [-0.15, -0.1) is 10.2 Å².